The fourth-order valence-electron chi connectivity index (χ4n) is 5.54. The Kier molecular flexibility index (Phi) is 11.0. The molecule has 0 fully saturated rings. The molecule has 1 atom stereocenters. The summed E-state index contributed by atoms with van der Waals surface area (Å²) in [5.74, 6) is 0.668. The molecular weight excluding hydrogens is 677 g/mol. The molecule has 0 saturated heterocycles. The van der Waals surface area contributed by atoms with E-state index in [1.807, 2.05) is 83.1 Å². The zero-order valence-electron chi connectivity index (χ0n) is 26.6. The van der Waals surface area contributed by atoms with E-state index in [2.05, 4.69) is 0 Å². The Morgan fingerprint density at radius 2 is 1.69 bits per heavy atom. The molecule has 1 aliphatic rings. The zero-order chi connectivity index (χ0) is 34.6. The molecule has 2 heterocycles. The molecule has 4 aromatic rings. The van der Waals surface area contributed by atoms with Gasteiger partial charge in [-0.25, -0.2) is 0 Å². The monoisotopic (exact) mass is 715 g/mol. The molecule has 14 heteroatoms. The quantitative estimate of drug-likeness (QED) is 0.0992. The van der Waals surface area contributed by atoms with E-state index in [4.69, 9.17) is 4.74 Å². The molecule has 1 aromatic heterocycles. The van der Waals surface area contributed by atoms with E-state index in [1.54, 1.807) is 6.07 Å². The molecule has 3 aromatic carbocycles. The first-order valence-electron chi connectivity index (χ1n) is 15.5. The minimum Gasteiger partial charge on any atom is -0.439 e. The van der Waals surface area contributed by atoms with E-state index in [0.29, 0.717) is 29.2 Å². The molecule has 48 heavy (non-hydrogen) atoms. The number of aliphatic hydroxyl groups excluding tert-OH is 2. The SMILES string of the molecule is CC/C(C=C1Oc2ccc(-c3ccccc3)cc2N1CCC(C)S(=O)(=O)O)=C\c1sc2cc(CO)c(CO)cc2[n+]1CCCS(=O)(=O)O. The number of thiazole rings is 1. The van der Waals surface area contributed by atoms with Crippen LogP contribution in [0.25, 0.3) is 27.4 Å². The van der Waals surface area contributed by atoms with Crippen molar-refractivity contribution in [2.45, 2.75) is 58.1 Å². The molecule has 5 rings (SSSR count). The van der Waals surface area contributed by atoms with Crippen molar-refractivity contribution >= 4 is 53.6 Å². The number of allylic oxidation sites excluding steroid dienone is 2. The van der Waals surface area contributed by atoms with Gasteiger partial charge in [-0.05, 0) is 65.8 Å². The highest BCUT2D eigenvalue weighted by Gasteiger charge is 2.29. The predicted octanol–water partition coefficient (Wildman–Crippen LogP) is 5.32. The Balaban J connectivity index is 1.57. The summed E-state index contributed by atoms with van der Waals surface area (Å²) in [4.78, 5) is 1.90. The van der Waals surface area contributed by atoms with E-state index >= 15 is 0 Å². The summed E-state index contributed by atoms with van der Waals surface area (Å²) < 4.78 is 74.8. The van der Waals surface area contributed by atoms with Gasteiger partial charge in [-0.15, -0.1) is 0 Å². The maximum atomic E-state index is 11.9. The highest BCUT2D eigenvalue weighted by molar-refractivity contribution is 7.86. The molecule has 0 saturated carbocycles. The van der Waals surface area contributed by atoms with Crippen molar-refractivity contribution in [1.82, 2.24) is 0 Å². The number of benzene rings is 3. The van der Waals surface area contributed by atoms with E-state index in [9.17, 15) is 36.2 Å². The lowest BCUT2D eigenvalue weighted by Crippen LogP contribution is -2.36. The summed E-state index contributed by atoms with van der Waals surface area (Å²) in [6, 6.07) is 19.3. The van der Waals surface area contributed by atoms with Gasteiger partial charge in [-0.1, -0.05) is 54.7 Å². The second-order valence-electron chi connectivity index (χ2n) is 11.6. The van der Waals surface area contributed by atoms with Crippen molar-refractivity contribution in [2.75, 3.05) is 17.2 Å². The smallest absolute Gasteiger partial charge is 0.267 e. The number of aromatic nitrogens is 1. The summed E-state index contributed by atoms with van der Waals surface area (Å²) in [6.07, 6.45) is 4.71. The number of nitrogens with zero attached hydrogens (tertiary/aromatic N) is 2. The minimum atomic E-state index is -4.24. The molecule has 0 spiro atoms. The zero-order valence-corrected chi connectivity index (χ0v) is 29.1. The lowest BCUT2D eigenvalue weighted by molar-refractivity contribution is -0.668. The van der Waals surface area contributed by atoms with Crippen molar-refractivity contribution < 1.29 is 45.5 Å². The summed E-state index contributed by atoms with van der Waals surface area (Å²) in [5, 5.41) is 19.6. The number of fused-ring (bicyclic) bond motifs is 2. The van der Waals surface area contributed by atoms with E-state index in [0.717, 1.165) is 37.6 Å². The number of hydrogen-bond acceptors (Lipinski definition) is 9. The Hall–Kier alpha value is -3.63. The third kappa shape index (κ3) is 8.32. The topological polar surface area (TPSA) is 166 Å². The molecular formula is C34H39N2O9S3+. The average molecular weight is 716 g/mol. The van der Waals surface area contributed by atoms with Gasteiger partial charge in [-0.3, -0.25) is 9.11 Å². The molecule has 0 aliphatic carbocycles. The first kappa shape index (κ1) is 35.7. The van der Waals surface area contributed by atoms with Crippen molar-refractivity contribution in [3.8, 4) is 16.9 Å². The Morgan fingerprint density at radius 3 is 2.33 bits per heavy atom. The van der Waals surface area contributed by atoms with Crippen LogP contribution >= 0.6 is 11.3 Å². The van der Waals surface area contributed by atoms with Gasteiger partial charge in [0.1, 0.15) is 4.70 Å². The minimum absolute atomic E-state index is 0.143. The average Bonchev–Trinajstić information content (AvgIpc) is 3.57. The number of aliphatic hydroxyl groups is 2. The van der Waals surface area contributed by atoms with Crippen molar-refractivity contribution in [3.05, 3.63) is 94.3 Å². The van der Waals surface area contributed by atoms with Crippen LogP contribution in [0.15, 0.2) is 78.2 Å². The summed E-state index contributed by atoms with van der Waals surface area (Å²) in [7, 11) is -8.41. The van der Waals surface area contributed by atoms with E-state index in [-0.39, 0.29) is 39.1 Å². The van der Waals surface area contributed by atoms with Crippen LogP contribution in [0.5, 0.6) is 5.75 Å². The third-order valence-corrected chi connectivity index (χ3v) is 11.5. The van der Waals surface area contributed by atoms with Crippen LogP contribution in [0.3, 0.4) is 0 Å². The molecule has 1 unspecified atom stereocenters. The Bertz CT molecular complexity index is 2070. The van der Waals surface area contributed by atoms with Crippen LogP contribution in [0.4, 0.5) is 5.69 Å². The Morgan fingerprint density at radius 1 is 0.979 bits per heavy atom. The molecule has 0 bridgehead atoms. The lowest BCUT2D eigenvalue weighted by Gasteiger charge is -2.20. The first-order chi connectivity index (χ1) is 22.8. The fraction of sp³-hybridized carbons (Fsp3) is 0.324. The van der Waals surface area contributed by atoms with Gasteiger partial charge in [0.05, 0.1) is 29.9 Å². The van der Waals surface area contributed by atoms with Gasteiger partial charge >= 0.3 is 0 Å². The first-order valence-corrected chi connectivity index (χ1v) is 19.4. The van der Waals surface area contributed by atoms with Gasteiger partial charge in [0.2, 0.25) is 11.4 Å². The van der Waals surface area contributed by atoms with Gasteiger partial charge in [0.15, 0.2) is 12.3 Å². The maximum Gasteiger partial charge on any atom is 0.267 e. The number of aryl methyl sites for hydroxylation is 1. The maximum absolute atomic E-state index is 11.9. The fourth-order valence-corrected chi connectivity index (χ4v) is 7.65. The van der Waals surface area contributed by atoms with Crippen LogP contribution in [-0.4, -0.2) is 53.7 Å². The lowest BCUT2D eigenvalue weighted by atomic mass is 10.0. The molecule has 0 radical (unpaired) electrons. The number of ether oxygens (including phenoxy) is 1. The van der Waals surface area contributed by atoms with E-state index in [1.165, 1.54) is 18.3 Å². The summed E-state index contributed by atoms with van der Waals surface area (Å²) in [5.41, 5.74) is 5.48. The number of rotatable bonds is 14. The summed E-state index contributed by atoms with van der Waals surface area (Å²) in [6.45, 7) is 3.43. The van der Waals surface area contributed by atoms with Crippen LogP contribution in [0, 0.1) is 0 Å². The third-order valence-electron chi connectivity index (χ3n) is 8.31. The second kappa shape index (κ2) is 14.9. The molecule has 256 valence electrons. The van der Waals surface area contributed by atoms with Gasteiger partial charge < -0.3 is 19.8 Å². The summed E-state index contributed by atoms with van der Waals surface area (Å²) >= 11 is 1.44. The highest BCUT2D eigenvalue weighted by atomic mass is 32.2. The second-order valence-corrected chi connectivity index (χ2v) is 16.1. The van der Waals surface area contributed by atoms with Crippen LogP contribution < -0.4 is 14.2 Å². The van der Waals surface area contributed by atoms with Crippen LogP contribution in [0.2, 0.25) is 0 Å². The molecule has 0 amide bonds. The molecule has 1 aliphatic heterocycles. The van der Waals surface area contributed by atoms with Gasteiger partial charge in [0, 0.05) is 31.2 Å². The van der Waals surface area contributed by atoms with Crippen LogP contribution in [-0.2, 0) is 40.0 Å². The molecule has 11 nitrogen and oxygen atoms in total. The highest BCUT2D eigenvalue weighted by Crippen LogP contribution is 2.42. The van der Waals surface area contributed by atoms with Gasteiger partial charge in [0.25, 0.3) is 25.2 Å². The van der Waals surface area contributed by atoms with Gasteiger partial charge in [-0.2, -0.15) is 21.4 Å². The predicted molar refractivity (Wildman–Crippen MR) is 187 cm³/mol. The van der Waals surface area contributed by atoms with Crippen molar-refractivity contribution in [2.24, 2.45) is 0 Å². The van der Waals surface area contributed by atoms with Crippen LogP contribution in [0.1, 0.15) is 49.2 Å². The van der Waals surface area contributed by atoms with Crippen molar-refractivity contribution in [1.29, 1.82) is 0 Å². The van der Waals surface area contributed by atoms with Crippen molar-refractivity contribution in [3.63, 3.8) is 0 Å². The number of anilines is 1. The van der Waals surface area contributed by atoms with E-state index < -0.39 is 31.2 Å². The largest absolute Gasteiger partial charge is 0.439 e. The molecule has 4 N–H and O–H groups in total. The standard InChI is InChI=1S/C34H38N2O9S3/c1-3-24(17-34-36(13-7-15-47(39,40)41)30-19-27(21-37)28(22-38)20-32(30)46-34)16-33-35(14-12-23(2)48(42,43)44)29-18-26(10-11-31(29)45-33)25-8-5-4-6-9-25/h4-6,8-11,16-20,23,37-38H,3,7,12-15,21-22H2,1-2H3,(H-,39,40,41,42,43,44)/p+1. The normalized spacial score (nSPS) is 15.2. The Labute approximate surface area is 284 Å². The number of hydrogen-bond donors (Lipinski definition) is 4.